The fraction of sp³-hybridized carbons (Fsp3) is 0.533. The molecule has 2 atom stereocenters. The Morgan fingerprint density at radius 1 is 1.13 bits per heavy atom. The molecule has 3 fully saturated rings. The molecule has 0 spiro atoms. The van der Waals surface area contributed by atoms with Gasteiger partial charge in [0, 0.05) is 37.2 Å². The van der Waals surface area contributed by atoms with E-state index in [0.29, 0.717) is 29.8 Å². The van der Waals surface area contributed by atoms with Crippen LogP contribution in [-0.2, 0) is 19.4 Å². The summed E-state index contributed by atoms with van der Waals surface area (Å²) in [7, 11) is -3.07. The highest BCUT2D eigenvalue weighted by atomic mass is 32.2. The number of nitrogens with zero attached hydrogens (tertiary/aromatic N) is 2. The van der Waals surface area contributed by atoms with Crippen LogP contribution in [0.5, 0.6) is 0 Å². The van der Waals surface area contributed by atoms with E-state index in [1.165, 1.54) is 6.92 Å². The van der Waals surface area contributed by atoms with Gasteiger partial charge in [0.15, 0.2) is 9.84 Å². The van der Waals surface area contributed by atoms with Crippen LogP contribution in [0.15, 0.2) is 71.8 Å². The van der Waals surface area contributed by atoms with Gasteiger partial charge in [-0.3, -0.25) is 9.69 Å². The summed E-state index contributed by atoms with van der Waals surface area (Å²) in [6.45, 7) is 12.2. The Bertz CT molecular complexity index is 1240. The van der Waals surface area contributed by atoms with Gasteiger partial charge in [-0.1, -0.05) is 43.9 Å². The van der Waals surface area contributed by atoms with Gasteiger partial charge in [0.25, 0.3) is 0 Å². The first-order chi connectivity index (χ1) is 18.6. The summed E-state index contributed by atoms with van der Waals surface area (Å²) in [6, 6.07) is -0.430. The van der Waals surface area contributed by atoms with E-state index < -0.39 is 15.9 Å². The Morgan fingerprint density at radius 3 is 2.56 bits per heavy atom. The van der Waals surface area contributed by atoms with E-state index in [-0.39, 0.29) is 42.1 Å². The monoisotopic (exact) mass is 555 g/mol. The van der Waals surface area contributed by atoms with Gasteiger partial charge >= 0.3 is 6.09 Å². The van der Waals surface area contributed by atoms with Crippen molar-refractivity contribution in [3.8, 4) is 0 Å². The summed E-state index contributed by atoms with van der Waals surface area (Å²) in [6.07, 6.45) is 16.0. The minimum atomic E-state index is -3.07. The van der Waals surface area contributed by atoms with Crippen LogP contribution in [0.1, 0.15) is 65.2 Å². The SMILES string of the molecule is C=C(/C=C1\C(=C)N(C(C)=O)C(C)CN1C(=O)OC1CCCCC1)C1=C(NC2CCCS(=O)(=O)C2)CC=CC=C1. The molecule has 4 aliphatic rings. The average molecular weight is 556 g/mol. The zero-order chi connectivity index (χ0) is 28.2. The van der Waals surface area contributed by atoms with Crippen molar-refractivity contribution in [3.05, 3.63) is 71.8 Å². The predicted molar refractivity (Wildman–Crippen MR) is 153 cm³/mol. The Morgan fingerprint density at radius 2 is 1.87 bits per heavy atom. The number of ether oxygens (including phenoxy) is 1. The zero-order valence-electron chi connectivity index (χ0n) is 23.2. The first kappa shape index (κ1) is 28.9. The molecule has 2 heterocycles. The highest BCUT2D eigenvalue weighted by Crippen LogP contribution is 2.32. The van der Waals surface area contributed by atoms with E-state index in [0.717, 1.165) is 49.8 Å². The molecule has 1 N–H and O–H groups in total. The molecule has 39 heavy (non-hydrogen) atoms. The highest BCUT2D eigenvalue weighted by molar-refractivity contribution is 7.91. The molecule has 0 aromatic heterocycles. The van der Waals surface area contributed by atoms with Crippen LogP contribution in [0.3, 0.4) is 0 Å². The van der Waals surface area contributed by atoms with Crippen LogP contribution >= 0.6 is 0 Å². The van der Waals surface area contributed by atoms with E-state index in [4.69, 9.17) is 4.74 Å². The summed E-state index contributed by atoms with van der Waals surface area (Å²) < 4.78 is 30.4. The number of sulfone groups is 1. The quantitative estimate of drug-likeness (QED) is 0.519. The zero-order valence-corrected chi connectivity index (χ0v) is 24.0. The normalized spacial score (nSPS) is 26.9. The standard InChI is InChI=1S/C30H41N3O5S/c1-21(27-15-9-6-10-16-28(27)31-25-12-11-17-39(36,37)20-25)18-29-23(3)33(24(4)34)22(2)19-32(29)30(35)38-26-13-7-5-8-14-26/h6,9-10,15,18,22,25-26,31H,1,3,5,7-8,11-14,16-17,19-20H2,2,4H3/b29-18+. The molecule has 4 rings (SSSR count). The maximum absolute atomic E-state index is 13.4. The molecular weight excluding hydrogens is 514 g/mol. The molecule has 2 aliphatic carbocycles. The van der Waals surface area contributed by atoms with Gasteiger partial charge in [0.2, 0.25) is 5.91 Å². The summed E-state index contributed by atoms with van der Waals surface area (Å²) >= 11 is 0. The van der Waals surface area contributed by atoms with Gasteiger partial charge in [-0.25, -0.2) is 13.2 Å². The fourth-order valence-electron chi connectivity index (χ4n) is 5.90. The van der Waals surface area contributed by atoms with Gasteiger partial charge in [0.1, 0.15) is 6.10 Å². The van der Waals surface area contributed by atoms with Crippen LogP contribution in [0.2, 0.25) is 0 Å². The lowest BCUT2D eigenvalue weighted by Crippen LogP contribution is -2.52. The van der Waals surface area contributed by atoms with Crippen LogP contribution in [0.4, 0.5) is 4.79 Å². The molecular formula is C30H41N3O5S. The highest BCUT2D eigenvalue weighted by Gasteiger charge is 2.37. The second-order valence-electron chi connectivity index (χ2n) is 11.0. The van der Waals surface area contributed by atoms with Crippen molar-refractivity contribution < 1.29 is 22.7 Å². The Labute approximate surface area is 232 Å². The molecule has 0 radical (unpaired) electrons. The molecule has 0 aromatic carbocycles. The number of rotatable bonds is 5. The van der Waals surface area contributed by atoms with Gasteiger partial charge in [0.05, 0.1) is 28.9 Å². The van der Waals surface area contributed by atoms with Crippen molar-refractivity contribution in [3.63, 3.8) is 0 Å². The summed E-state index contributed by atoms with van der Waals surface area (Å²) in [4.78, 5) is 29.1. The van der Waals surface area contributed by atoms with Crippen LogP contribution in [0.25, 0.3) is 0 Å². The number of allylic oxidation sites excluding steroid dienone is 7. The summed E-state index contributed by atoms with van der Waals surface area (Å²) in [5, 5.41) is 3.47. The predicted octanol–water partition coefficient (Wildman–Crippen LogP) is 4.90. The van der Waals surface area contributed by atoms with Crippen molar-refractivity contribution in [2.75, 3.05) is 18.1 Å². The van der Waals surface area contributed by atoms with Crippen molar-refractivity contribution >= 4 is 21.8 Å². The molecule has 212 valence electrons. The second kappa shape index (κ2) is 12.4. The molecule has 2 saturated heterocycles. The van der Waals surface area contributed by atoms with E-state index >= 15 is 0 Å². The number of carbonyl (C=O) groups excluding carboxylic acids is 2. The number of amides is 2. The van der Waals surface area contributed by atoms with Gasteiger partial charge < -0.3 is 15.0 Å². The number of nitrogens with one attached hydrogen (secondary N) is 1. The lowest BCUT2D eigenvalue weighted by atomic mass is 9.98. The molecule has 2 aliphatic heterocycles. The maximum atomic E-state index is 13.4. The van der Waals surface area contributed by atoms with Gasteiger partial charge in [-0.05, 0) is 57.1 Å². The average Bonchev–Trinajstić information content (AvgIpc) is 3.10. The lowest BCUT2D eigenvalue weighted by Gasteiger charge is -2.42. The molecule has 0 aromatic rings. The van der Waals surface area contributed by atoms with E-state index in [2.05, 4.69) is 18.5 Å². The Balaban J connectivity index is 1.65. The Kier molecular flexibility index (Phi) is 9.20. The minimum absolute atomic E-state index is 0.105. The van der Waals surface area contributed by atoms with E-state index in [1.807, 2.05) is 31.2 Å². The van der Waals surface area contributed by atoms with Crippen LogP contribution < -0.4 is 5.32 Å². The molecule has 2 amide bonds. The fourth-order valence-corrected chi connectivity index (χ4v) is 7.54. The minimum Gasteiger partial charge on any atom is -0.446 e. The number of hydrogen-bond donors (Lipinski definition) is 1. The van der Waals surface area contributed by atoms with Crippen molar-refractivity contribution in [1.29, 1.82) is 0 Å². The number of carbonyl (C=O) groups is 2. The maximum Gasteiger partial charge on any atom is 0.414 e. The second-order valence-corrected chi connectivity index (χ2v) is 13.2. The van der Waals surface area contributed by atoms with Crippen molar-refractivity contribution in [2.45, 2.75) is 83.4 Å². The molecule has 9 heteroatoms. The van der Waals surface area contributed by atoms with Crippen molar-refractivity contribution in [1.82, 2.24) is 15.1 Å². The first-order valence-electron chi connectivity index (χ1n) is 14.0. The molecule has 2 unspecified atom stereocenters. The smallest absolute Gasteiger partial charge is 0.414 e. The van der Waals surface area contributed by atoms with Crippen molar-refractivity contribution in [2.24, 2.45) is 0 Å². The van der Waals surface area contributed by atoms with E-state index in [9.17, 15) is 18.0 Å². The van der Waals surface area contributed by atoms with Crippen LogP contribution in [0, 0.1) is 0 Å². The number of hydrogen-bond acceptors (Lipinski definition) is 6. The third-order valence-corrected chi connectivity index (χ3v) is 9.62. The Hall–Kier alpha value is -3.07. The molecule has 1 saturated carbocycles. The topological polar surface area (TPSA) is 96.0 Å². The molecule has 0 bridgehead atoms. The third-order valence-electron chi connectivity index (χ3n) is 7.80. The first-order valence-corrected chi connectivity index (χ1v) is 15.8. The summed E-state index contributed by atoms with van der Waals surface area (Å²) in [5.74, 6) is 0.187. The summed E-state index contributed by atoms with van der Waals surface area (Å²) in [5.41, 5.74) is 3.22. The largest absolute Gasteiger partial charge is 0.446 e. The van der Waals surface area contributed by atoms with Gasteiger partial charge in [-0.15, -0.1) is 0 Å². The lowest BCUT2D eigenvalue weighted by molar-refractivity contribution is -0.129. The molecule has 8 nitrogen and oxygen atoms in total. The number of piperazine rings is 1. The van der Waals surface area contributed by atoms with E-state index in [1.54, 1.807) is 15.9 Å². The van der Waals surface area contributed by atoms with Crippen LogP contribution in [-0.4, -0.2) is 66.5 Å². The van der Waals surface area contributed by atoms with Gasteiger partial charge in [-0.2, -0.15) is 0 Å². The third kappa shape index (κ3) is 7.12.